The highest BCUT2D eigenvalue weighted by atomic mass is 32.2. The second-order valence-corrected chi connectivity index (χ2v) is 10.9. The highest BCUT2D eigenvalue weighted by Crippen LogP contribution is 2.38. The van der Waals surface area contributed by atoms with E-state index in [9.17, 15) is 8.42 Å². The number of ether oxygens (including phenoxy) is 1. The fourth-order valence-electron chi connectivity index (χ4n) is 4.08. The predicted octanol–water partition coefficient (Wildman–Crippen LogP) is 5.26. The lowest BCUT2D eigenvalue weighted by molar-refractivity contribution is -0.0463. The molecule has 3 rings (SSSR count). The van der Waals surface area contributed by atoms with Gasteiger partial charge in [-0.3, -0.25) is 0 Å². The summed E-state index contributed by atoms with van der Waals surface area (Å²) in [6, 6.07) is 17.4. The van der Waals surface area contributed by atoms with Crippen LogP contribution in [-0.2, 0) is 25.8 Å². The first kappa shape index (κ1) is 22.7. The van der Waals surface area contributed by atoms with Gasteiger partial charge < -0.3 is 4.74 Å². The zero-order chi connectivity index (χ0) is 21.8. The molecule has 1 saturated heterocycles. The Morgan fingerprint density at radius 3 is 2.30 bits per heavy atom. The van der Waals surface area contributed by atoms with Gasteiger partial charge in [-0.15, -0.1) is 6.58 Å². The first-order valence-electron chi connectivity index (χ1n) is 10.6. The second-order valence-electron chi connectivity index (χ2n) is 8.99. The molecule has 4 nitrogen and oxygen atoms in total. The van der Waals surface area contributed by atoms with Gasteiger partial charge in [-0.1, -0.05) is 69.3 Å². The minimum absolute atomic E-state index is 0.0112. The van der Waals surface area contributed by atoms with Crippen LogP contribution in [0, 0.1) is 0 Å². The van der Waals surface area contributed by atoms with E-state index >= 15 is 0 Å². The first-order valence-corrected chi connectivity index (χ1v) is 12.0. The van der Waals surface area contributed by atoms with Crippen LogP contribution in [0.4, 0.5) is 0 Å². The number of nitrogens with zero attached hydrogens (tertiary/aromatic N) is 1. The van der Waals surface area contributed by atoms with Gasteiger partial charge in [0.05, 0.1) is 17.1 Å². The van der Waals surface area contributed by atoms with Gasteiger partial charge in [0.15, 0.2) is 0 Å². The van der Waals surface area contributed by atoms with Crippen molar-refractivity contribution in [3.8, 4) is 0 Å². The molecule has 30 heavy (non-hydrogen) atoms. The van der Waals surface area contributed by atoms with Gasteiger partial charge in [-0.2, -0.15) is 4.31 Å². The van der Waals surface area contributed by atoms with E-state index in [1.54, 1.807) is 22.5 Å². The molecule has 162 valence electrons. The molecule has 1 aliphatic heterocycles. The highest BCUT2D eigenvalue weighted by Gasteiger charge is 2.38. The van der Waals surface area contributed by atoms with E-state index < -0.39 is 15.6 Å². The summed E-state index contributed by atoms with van der Waals surface area (Å²) >= 11 is 0. The Kier molecular flexibility index (Phi) is 6.85. The Balaban J connectivity index is 1.84. The minimum Gasteiger partial charge on any atom is -0.366 e. The zero-order valence-electron chi connectivity index (χ0n) is 18.3. The van der Waals surface area contributed by atoms with Gasteiger partial charge in [0.25, 0.3) is 0 Å². The van der Waals surface area contributed by atoms with E-state index in [1.807, 2.05) is 30.3 Å². The van der Waals surface area contributed by atoms with E-state index in [0.717, 1.165) is 24.0 Å². The van der Waals surface area contributed by atoms with Crippen molar-refractivity contribution >= 4 is 10.0 Å². The number of rotatable bonds is 6. The average Bonchev–Trinajstić information content (AvgIpc) is 2.96. The smallest absolute Gasteiger partial charge is 0.243 e. The number of sulfonamides is 1. The summed E-state index contributed by atoms with van der Waals surface area (Å²) in [5.41, 5.74) is 1.72. The normalized spacial score (nSPS) is 21.2. The molecule has 0 aliphatic carbocycles. The highest BCUT2D eigenvalue weighted by molar-refractivity contribution is 7.89. The molecule has 0 radical (unpaired) electrons. The summed E-state index contributed by atoms with van der Waals surface area (Å²) in [4.78, 5) is 0.356. The maximum Gasteiger partial charge on any atom is 0.243 e. The van der Waals surface area contributed by atoms with Crippen LogP contribution in [0.25, 0.3) is 0 Å². The van der Waals surface area contributed by atoms with Gasteiger partial charge in [0.2, 0.25) is 10.0 Å². The maximum absolute atomic E-state index is 13.3. The maximum atomic E-state index is 13.3. The molecule has 0 spiro atoms. The molecular formula is C25H33NO3S. The molecule has 0 saturated carbocycles. The lowest BCUT2D eigenvalue weighted by Gasteiger charge is -2.33. The molecule has 2 aromatic rings. The van der Waals surface area contributed by atoms with Crippen molar-refractivity contribution in [2.24, 2.45) is 0 Å². The topological polar surface area (TPSA) is 46.6 Å². The summed E-state index contributed by atoms with van der Waals surface area (Å²) < 4.78 is 34.5. The van der Waals surface area contributed by atoms with Crippen molar-refractivity contribution in [2.45, 2.75) is 55.9 Å². The molecule has 0 bridgehead atoms. The Morgan fingerprint density at radius 2 is 1.70 bits per heavy atom. The van der Waals surface area contributed by atoms with Crippen LogP contribution in [0.3, 0.4) is 0 Å². The Bertz CT molecular complexity index is 946. The van der Waals surface area contributed by atoms with Crippen LogP contribution in [0.15, 0.2) is 72.1 Å². The van der Waals surface area contributed by atoms with E-state index in [4.69, 9.17) is 4.74 Å². The van der Waals surface area contributed by atoms with Gasteiger partial charge in [0.1, 0.15) is 0 Å². The molecule has 0 amide bonds. The SMILES string of the molecule is C=CCOC1(c2ccccc2)CCCN(S(=O)(=O)c2ccc(C(C)(C)C)cc2)CC1. The molecule has 1 unspecified atom stereocenters. The fourth-order valence-corrected chi connectivity index (χ4v) is 5.56. The Morgan fingerprint density at radius 1 is 1.03 bits per heavy atom. The summed E-state index contributed by atoms with van der Waals surface area (Å²) in [6.07, 6.45) is 3.89. The lowest BCUT2D eigenvalue weighted by Crippen LogP contribution is -2.35. The predicted molar refractivity (Wildman–Crippen MR) is 122 cm³/mol. The van der Waals surface area contributed by atoms with Crippen molar-refractivity contribution in [1.29, 1.82) is 0 Å². The van der Waals surface area contributed by atoms with Crippen LogP contribution >= 0.6 is 0 Å². The third-order valence-corrected chi connectivity index (χ3v) is 7.80. The average molecular weight is 428 g/mol. The quantitative estimate of drug-likeness (QED) is 0.591. The van der Waals surface area contributed by atoms with Crippen LogP contribution < -0.4 is 0 Å². The molecule has 0 aromatic heterocycles. The summed E-state index contributed by atoms with van der Waals surface area (Å²) in [5.74, 6) is 0. The van der Waals surface area contributed by atoms with Crippen molar-refractivity contribution in [3.05, 3.63) is 78.4 Å². The third kappa shape index (κ3) is 4.85. The number of hydrogen-bond donors (Lipinski definition) is 0. The van der Waals surface area contributed by atoms with Crippen LogP contribution in [-0.4, -0.2) is 32.4 Å². The first-order chi connectivity index (χ1) is 14.2. The van der Waals surface area contributed by atoms with E-state index in [1.165, 1.54) is 0 Å². The Labute approximate surface area is 181 Å². The molecule has 1 heterocycles. The second kappa shape index (κ2) is 9.04. The lowest BCUT2D eigenvalue weighted by atomic mass is 9.86. The summed E-state index contributed by atoms with van der Waals surface area (Å²) in [5, 5.41) is 0. The fraction of sp³-hybridized carbons (Fsp3) is 0.440. The van der Waals surface area contributed by atoms with Crippen LogP contribution in [0.1, 0.15) is 51.2 Å². The standard InChI is InChI=1S/C25H33NO3S/c1-5-20-29-25(22-10-7-6-8-11-22)16-9-18-26(19-17-25)30(27,28)23-14-12-21(13-15-23)24(2,3)4/h5-8,10-15H,1,9,16-20H2,2-4H3. The molecule has 1 fully saturated rings. The molecule has 1 atom stereocenters. The Hall–Kier alpha value is -1.95. The van der Waals surface area contributed by atoms with E-state index in [-0.39, 0.29) is 5.41 Å². The van der Waals surface area contributed by atoms with Gasteiger partial charge in [-0.25, -0.2) is 8.42 Å². The van der Waals surface area contributed by atoms with E-state index in [0.29, 0.717) is 31.0 Å². The third-order valence-electron chi connectivity index (χ3n) is 5.89. The minimum atomic E-state index is -3.54. The number of hydrogen-bond acceptors (Lipinski definition) is 3. The van der Waals surface area contributed by atoms with Gasteiger partial charge in [-0.05, 0) is 47.9 Å². The monoisotopic (exact) mass is 427 g/mol. The molecule has 2 aromatic carbocycles. The van der Waals surface area contributed by atoms with Crippen molar-refractivity contribution in [2.75, 3.05) is 19.7 Å². The largest absolute Gasteiger partial charge is 0.366 e. The number of benzene rings is 2. The van der Waals surface area contributed by atoms with Crippen molar-refractivity contribution < 1.29 is 13.2 Å². The molecule has 0 N–H and O–H groups in total. The van der Waals surface area contributed by atoms with Gasteiger partial charge >= 0.3 is 0 Å². The van der Waals surface area contributed by atoms with E-state index in [2.05, 4.69) is 39.5 Å². The summed E-state index contributed by atoms with van der Waals surface area (Å²) in [6.45, 7) is 11.5. The van der Waals surface area contributed by atoms with Crippen molar-refractivity contribution in [1.82, 2.24) is 4.31 Å². The van der Waals surface area contributed by atoms with Crippen LogP contribution in [0.2, 0.25) is 0 Å². The van der Waals surface area contributed by atoms with Crippen LogP contribution in [0.5, 0.6) is 0 Å². The van der Waals surface area contributed by atoms with Gasteiger partial charge in [0, 0.05) is 13.1 Å². The van der Waals surface area contributed by atoms with Crippen molar-refractivity contribution in [3.63, 3.8) is 0 Å². The zero-order valence-corrected chi connectivity index (χ0v) is 19.1. The molecule has 5 heteroatoms. The molecular weight excluding hydrogens is 394 g/mol. The molecule has 1 aliphatic rings. The summed E-state index contributed by atoms with van der Waals surface area (Å²) in [7, 11) is -3.54.